The van der Waals surface area contributed by atoms with Crippen LogP contribution in [0.3, 0.4) is 0 Å². The monoisotopic (exact) mass is 293 g/mol. The van der Waals surface area contributed by atoms with Crippen LogP contribution in [-0.4, -0.2) is 44.7 Å². The molecular weight excluding hydrogens is 274 g/mol. The maximum Gasteiger partial charge on any atom is 0.347 e. The van der Waals surface area contributed by atoms with Crippen LogP contribution in [0.15, 0.2) is 17.1 Å². The average Bonchev–Trinajstić information content (AvgIpc) is 2.89. The number of hydrogen-bond acceptors (Lipinski definition) is 5. The predicted octanol–water partition coefficient (Wildman–Crippen LogP) is -1.91. The number of likely N-dealkylation sites (N-methyl/N-ethyl adjacent to an activating group) is 1. The van der Waals surface area contributed by atoms with Crippen molar-refractivity contribution in [2.24, 2.45) is 4.99 Å². The molecule has 0 spiro atoms. The molecule has 0 amide bonds. The van der Waals surface area contributed by atoms with Gasteiger partial charge in [0.1, 0.15) is 5.75 Å². The van der Waals surface area contributed by atoms with Gasteiger partial charge in [-0.15, -0.1) is 0 Å². The number of ether oxygens (including phenoxy) is 1. The smallest absolute Gasteiger partial charge is 0.347 e. The Morgan fingerprint density at radius 3 is 2.90 bits per heavy atom. The van der Waals surface area contributed by atoms with Crippen LogP contribution in [0.1, 0.15) is 5.56 Å². The highest BCUT2D eigenvalue weighted by molar-refractivity contribution is 5.77. The Kier molecular flexibility index (Phi) is 3.79. The molecule has 0 aromatic heterocycles. The molecule has 8 nitrogen and oxygen atoms in total. The average molecular weight is 293 g/mol. The lowest BCUT2D eigenvalue weighted by molar-refractivity contribution is -0.851. The van der Waals surface area contributed by atoms with E-state index in [9.17, 15) is 10.4 Å². The summed E-state index contributed by atoms with van der Waals surface area (Å²) < 4.78 is 5.44. The van der Waals surface area contributed by atoms with Gasteiger partial charge in [0.15, 0.2) is 0 Å². The van der Waals surface area contributed by atoms with E-state index in [-0.39, 0.29) is 16.2 Å². The van der Waals surface area contributed by atoms with Gasteiger partial charge in [-0.25, -0.2) is 10.2 Å². The number of benzene rings is 1. The van der Waals surface area contributed by atoms with Crippen LogP contribution in [0.25, 0.3) is 0 Å². The molecule has 0 saturated heterocycles. The lowest BCUT2D eigenvalue weighted by Crippen LogP contribution is -3.23. The van der Waals surface area contributed by atoms with Gasteiger partial charge < -0.3 is 20.1 Å². The second kappa shape index (κ2) is 5.58. The number of hydrogen-bond donors (Lipinski definition) is 3. The van der Waals surface area contributed by atoms with Crippen molar-refractivity contribution in [1.82, 2.24) is 10.3 Å². The molecule has 21 heavy (non-hydrogen) atoms. The van der Waals surface area contributed by atoms with Crippen molar-refractivity contribution in [3.63, 3.8) is 0 Å². The molecule has 0 radical (unpaired) electrons. The number of hydroxylamine groups is 1. The van der Waals surface area contributed by atoms with Gasteiger partial charge in [0.05, 0.1) is 19.2 Å². The van der Waals surface area contributed by atoms with Gasteiger partial charge in [-0.05, 0) is 14.1 Å². The van der Waals surface area contributed by atoms with Crippen molar-refractivity contribution >= 4 is 17.3 Å². The molecule has 8 heteroatoms. The summed E-state index contributed by atoms with van der Waals surface area (Å²) in [4.78, 5) is 6.18. The van der Waals surface area contributed by atoms with Crippen molar-refractivity contribution < 1.29 is 15.0 Å². The van der Waals surface area contributed by atoms with Crippen molar-refractivity contribution in [1.29, 1.82) is 0 Å². The third-order valence-corrected chi connectivity index (χ3v) is 3.58. The normalized spacial score (nSPS) is 25.5. The van der Waals surface area contributed by atoms with Crippen LogP contribution >= 0.6 is 0 Å². The SMILES string of the molecule is CN(C)CCN=C1N[NH+]([O-])c2cc3c(cc2[NH+]1[O-])CCO3. The maximum absolute atomic E-state index is 12.4. The zero-order valence-electron chi connectivity index (χ0n) is 12.1. The molecule has 0 saturated carbocycles. The highest BCUT2D eigenvalue weighted by Gasteiger charge is 2.31. The fraction of sp³-hybridized carbons (Fsp3) is 0.462. The summed E-state index contributed by atoms with van der Waals surface area (Å²) in [6.45, 7) is 1.78. The van der Waals surface area contributed by atoms with Crippen molar-refractivity contribution in [2.45, 2.75) is 6.42 Å². The first-order valence-electron chi connectivity index (χ1n) is 6.91. The molecule has 114 valence electrons. The van der Waals surface area contributed by atoms with Gasteiger partial charge in [0.2, 0.25) is 11.4 Å². The Bertz CT molecular complexity index is 575. The Hall–Kier alpha value is -1.71. The molecule has 1 aromatic carbocycles. The topological polar surface area (TPSA) is 91.9 Å². The minimum Gasteiger partial charge on any atom is -0.621 e. The zero-order valence-corrected chi connectivity index (χ0v) is 12.1. The quantitative estimate of drug-likeness (QED) is 0.566. The second-order valence-corrected chi connectivity index (χ2v) is 5.42. The van der Waals surface area contributed by atoms with Crippen molar-refractivity contribution in [3.05, 3.63) is 28.1 Å². The summed E-state index contributed by atoms with van der Waals surface area (Å²) in [7, 11) is 3.86. The van der Waals surface area contributed by atoms with E-state index in [2.05, 4.69) is 10.4 Å². The molecule has 0 bridgehead atoms. The molecule has 2 atom stereocenters. The third kappa shape index (κ3) is 2.71. The van der Waals surface area contributed by atoms with Crippen molar-refractivity contribution in [3.8, 4) is 5.75 Å². The highest BCUT2D eigenvalue weighted by Crippen LogP contribution is 2.31. The molecule has 3 N–H and O–H groups in total. The number of fused-ring (bicyclic) bond motifs is 2. The Balaban J connectivity index is 1.88. The molecule has 1 aromatic rings. The standard InChI is InChI=1S/C13H19N5O3/c1-16(2)5-4-14-13-15-18(20)11-8-12-9(3-6-21-12)7-10(11)17(13)19/h7-8,17-18H,3-6H2,1-2H3,(H,14,15). The van der Waals surface area contributed by atoms with Gasteiger partial charge in [0.25, 0.3) is 0 Å². The molecule has 0 aliphatic carbocycles. The van der Waals surface area contributed by atoms with Crippen LogP contribution < -0.4 is 20.4 Å². The van der Waals surface area contributed by atoms with E-state index in [0.717, 1.165) is 18.5 Å². The Morgan fingerprint density at radius 1 is 1.33 bits per heavy atom. The number of aliphatic imine (C=N–C) groups is 1. The molecule has 2 aliphatic rings. The van der Waals surface area contributed by atoms with E-state index in [1.807, 2.05) is 19.0 Å². The number of nitrogens with zero attached hydrogens (tertiary/aromatic N) is 2. The number of guanidine groups is 1. The molecule has 2 aliphatic heterocycles. The van der Waals surface area contributed by atoms with E-state index in [1.54, 1.807) is 12.1 Å². The summed E-state index contributed by atoms with van der Waals surface area (Å²) in [6.07, 6.45) is 0.768. The summed E-state index contributed by atoms with van der Waals surface area (Å²) in [5.74, 6) is 0.831. The fourth-order valence-electron chi connectivity index (χ4n) is 2.43. The molecule has 0 fully saturated rings. The van der Waals surface area contributed by atoms with Crippen LogP contribution in [0, 0.1) is 10.4 Å². The minimum absolute atomic E-state index is 0.133. The van der Waals surface area contributed by atoms with E-state index < -0.39 is 0 Å². The molecule has 2 unspecified atom stereocenters. The molecule has 3 rings (SSSR count). The van der Waals surface area contributed by atoms with Crippen LogP contribution in [0.2, 0.25) is 0 Å². The summed E-state index contributed by atoms with van der Waals surface area (Å²) in [5, 5.41) is 24.0. The van der Waals surface area contributed by atoms with E-state index >= 15 is 0 Å². The van der Waals surface area contributed by atoms with Gasteiger partial charge in [-0.2, -0.15) is 5.43 Å². The Morgan fingerprint density at radius 2 is 2.14 bits per heavy atom. The predicted molar refractivity (Wildman–Crippen MR) is 77.6 cm³/mol. The summed E-state index contributed by atoms with van der Waals surface area (Å²) in [6, 6.07) is 3.42. The highest BCUT2D eigenvalue weighted by atomic mass is 16.6. The first-order chi connectivity index (χ1) is 10.1. The second-order valence-electron chi connectivity index (χ2n) is 5.42. The largest absolute Gasteiger partial charge is 0.621 e. The van der Waals surface area contributed by atoms with Crippen molar-refractivity contribution in [2.75, 3.05) is 33.8 Å². The van der Waals surface area contributed by atoms with E-state index in [4.69, 9.17) is 4.74 Å². The lowest BCUT2D eigenvalue weighted by Gasteiger charge is -2.34. The minimum atomic E-state index is -0.300. The Labute approximate surface area is 122 Å². The lowest BCUT2D eigenvalue weighted by atomic mass is 10.1. The fourth-order valence-corrected chi connectivity index (χ4v) is 2.43. The van der Waals surface area contributed by atoms with Crippen LogP contribution in [0.4, 0.5) is 11.4 Å². The molecule has 2 heterocycles. The maximum atomic E-state index is 12.4. The van der Waals surface area contributed by atoms with Crippen LogP contribution in [-0.2, 0) is 6.42 Å². The number of rotatable bonds is 3. The van der Waals surface area contributed by atoms with E-state index in [1.165, 1.54) is 0 Å². The van der Waals surface area contributed by atoms with E-state index in [0.29, 0.717) is 30.3 Å². The number of nitrogens with one attached hydrogen (secondary N) is 3. The number of quaternary nitrogens is 2. The zero-order chi connectivity index (χ0) is 15.0. The molecular formula is C13H19N5O3. The third-order valence-electron chi connectivity index (χ3n) is 3.58. The van der Waals surface area contributed by atoms with Crippen LogP contribution in [0.5, 0.6) is 5.75 Å². The summed E-state index contributed by atoms with van der Waals surface area (Å²) >= 11 is 0. The summed E-state index contributed by atoms with van der Waals surface area (Å²) in [5.41, 5.74) is 4.34. The van der Waals surface area contributed by atoms with Gasteiger partial charge >= 0.3 is 5.96 Å². The first-order valence-corrected chi connectivity index (χ1v) is 6.91. The van der Waals surface area contributed by atoms with Gasteiger partial charge in [0, 0.05) is 24.6 Å². The van der Waals surface area contributed by atoms with Gasteiger partial charge in [-0.3, -0.25) is 5.06 Å². The van der Waals surface area contributed by atoms with Gasteiger partial charge in [-0.1, -0.05) is 0 Å². The first kappa shape index (κ1) is 14.2.